The van der Waals surface area contributed by atoms with Crippen LogP contribution < -0.4 is 4.73 Å². The second-order valence-electron chi connectivity index (χ2n) is 3.07. The van der Waals surface area contributed by atoms with Gasteiger partial charge in [-0.1, -0.05) is 18.2 Å². The first-order chi connectivity index (χ1) is 7.24. The van der Waals surface area contributed by atoms with Gasteiger partial charge < -0.3 is 9.94 Å². The van der Waals surface area contributed by atoms with E-state index in [4.69, 9.17) is 0 Å². The molecule has 2 rings (SSSR count). The fourth-order valence-corrected chi connectivity index (χ4v) is 1.50. The van der Waals surface area contributed by atoms with Gasteiger partial charge in [0.25, 0.3) is 0 Å². The summed E-state index contributed by atoms with van der Waals surface area (Å²) >= 11 is 0. The topological polar surface area (TPSA) is 53.2 Å². The van der Waals surface area contributed by atoms with Gasteiger partial charge in [-0.05, 0) is 11.5 Å². The number of benzene rings is 1. The summed E-state index contributed by atoms with van der Waals surface area (Å²) in [7, 11) is 1.25. The average Bonchev–Trinajstić information content (AvgIpc) is 2.28. The molecule has 1 aromatic carbocycles. The second-order valence-corrected chi connectivity index (χ2v) is 3.07. The molecule has 76 valence electrons. The van der Waals surface area contributed by atoms with Crippen molar-refractivity contribution in [2.45, 2.75) is 0 Å². The van der Waals surface area contributed by atoms with Crippen LogP contribution in [0.25, 0.3) is 10.8 Å². The Balaban J connectivity index is 2.79. The Morgan fingerprint density at radius 2 is 2.07 bits per heavy atom. The Kier molecular flexibility index (Phi) is 2.25. The van der Waals surface area contributed by atoms with Gasteiger partial charge in [-0.25, -0.2) is 4.79 Å². The van der Waals surface area contributed by atoms with E-state index in [2.05, 4.69) is 4.74 Å². The molecule has 0 N–H and O–H groups in total. The van der Waals surface area contributed by atoms with Gasteiger partial charge in [0.15, 0.2) is 6.20 Å². The highest BCUT2D eigenvalue weighted by Crippen LogP contribution is 2.15. The summed E-state index contributed by atoms with van der Waals surface area (Å²) in [6.45, 7) is 0. The van der Waals surface area contributed by atoms with Crippen LogP contribution >= 0.6 is 0 Å². The van der Waals surface area contributed by atoms with E-state index < -0.39 is 5.97 Å². The second kappa shape index (κ2) is 3.57. The van der Waals surface area contributed by atoms with E-state index in [-0.39, 0.29) is 5.69 Å². The molecule has 1 aromatic heterocycles. The number of carbonyl (C=O) groups excluding carboxylic acids is 1. The molecular formula is C11H9NO3. The van der Waals surface area contributed by atoms with Crippen LogP contribution in [0.2, 0.25) is 0 Å². The van der Waals surface area contributed by atoms with Crippen molar-refractivity contribution in [3.05, 3.63) is 47.4 Å². The normalized spacial score (nSPS) is 10.2. The monoisotopic (exact) mass is 203 g/mol. The lowest BCUT2D eigenvalue weighted by Crippen LogP contribution is -2.34. The van der Waals surface area contributed by atoms with Crippen LogP contribution in [0.4, 0.5) is 0 Å². The van der Waals surface area contributed by atoms with Crippen LogP contribution in [0.3, 0.4) is 0 Å². The molecule has 0 spiro atoms. The Bertz CT molecular complexity index is 522. The van der Waals surface area contributed by atoms with Crippen LogP contribution in [0.5, 0.6) is 0 Å². The van der Waals surface area contributed by atoms with Crippen LogP contribution in [0.1, 0.15) is 10.5 Å². The lowest BCUT2D eigenvalue weighted by molar-refractivity contribution is -0.606. The predicted molar refractivity (Wildman–Crippen MR) is 54.2 cm³/mol. The van der Waals surface area contributed by atoms with Crippen molar-refractivity contribution in [3.8, 4) is 0 Å². The Morgan fingerprint density at radius 1 is 1.33 bits per heavy atom. The predicted octanol–water partition coefficient (Wildman–Crippen LogP) is 1.26. The van der Waals surface area contributed by atoms with Gasteiger partial charge in [-0.3, -0.25) is 0 Å². The minimum atomic E-state index is -0.623. The minimum absolute atomic E-state index is 0.0237. The van der Waals surface area contributed by atoms with E-state index in [9.17, 15) is 10.0 Å². The SMILES string of the molecule is COC(=O)c1c2ccccc2cc[n+]1[O-]. The van der Waals surface area contributed by atoms with Crippen molar-refractivity contribution >= 4 is 16.7 Å². The van der Waals surface area contributed by atoms with Crippen molar-refractivity contribution < 1.29 is 14.3 Å². The van der Waals surface area contributed by atoms with Crippen molar-refractivity contribution in [1.29, 1.82) is 0 Å². The number of methoxy groups -OCH3 is 1. The number of ether oxygens (including phenoxy) is 1. The fourth-order valence-electron chi connectivity index (χ4n) is 1.50. The van der Waals surface area contributed by atoms with E-state index in [1.165, 1.54) is 13.3 Å². The van der Waals surface area contributed by atoms with E-state index in [0.717, 1.165) is 5.39 Å². The first-order valence-corrected chi connectivity index (χ1v) is 4.43. The smallest absolute Gasteiger partial charge is 0.405 e. The summed E-state index contributed by atoms with van der Waals surface area (Å²) in [5, 5.41) is 12.9. The standard InChI is InChI=1S/C11H9NO3/c1-15-11(13)10-9-5-3-2-4-8(9)6-7-12(10)14/h2-7H,1H3. The summed E-state index contributed by atoms with van der Waals surface area (Å²) < 4.78 is 5.09. The highest BCUT2D eigenvalue weighted by Gasteiger charge is 2.20. The maximum Gasteiger partial charge on any atom is 0.405 e. The molecule has 0 bridgehead atoms. The number of carbonyl (C=O) groups is 1. The zero-order valence-corrected chi connectivity index (χ0v) is 8.14. The third-order valence-electron chi connectivity index (χ3n) is 2.20. The third-order valence-corrected chi connectivity index (χ3v) is 2.20. The molecule has 0 aliphatic carbocycles. The largest absolute Gasteiger partial charge is 0.618 e. The highest BCUT2D eigenvalue weighted by molar-refractivity contribution is 6.00. The number of pyridine rings is 1. The van der Waals surface area contributed by atoms with Gasteiger partial charge in [-0.2, -0.15) is 4.73 Å². The van der Waals surface area contributed by atoms with Gasteiger partial charge in [0.1, 0.15) is 0 Å². The Morgan fingerprint density at radius 3 is 2.80 bits per heavy atom. The van der Waals surface area contributed by atoms with Crippen LogP contribution in [0, 0.1) is 5.21 Å². The van der Waals surface area contributed by atoms with E-state index in [0.29, 0.717) is 10.1 Å². The average molecular weight is 203 g/mol. The molecule has 2 aromatic rings. The number of nitrogens with zero attached hydrogens (tertiary/aromatic N) is 1. The first kappa shape index (κ1) is 9.45. The lowest BCUT2D eigenvalue weighted by Gasteiger charge is -2.05. The molecule has 0 atom stereocenters. The van der Waals surface area contributed by atoms with Gasteiger partial charge in [0.05, 0.1) is 12.5 Å². The molecule has 0 aliphatic rings. The molecule has 0 unspecified atom stereocenters. The van der Waals surface area contributed by atoms with Crippen LogP contribution in [-0.4, -0.2) is 13.1 Å². The van der Waals surface area contributed by atoms with E-state index >= 15 is 0 Å². The maximum atomic E-state index is 11.4. The van der Waals surface area contributed by atoms with Gasteiger partial charge >= 0.3 is 11.7 Å². The first-order valence-electron chi connectivity index (χ1n) is 4.43. The fraction of sp³-hybridized carbons (Fsp3) is 0.0909. The molecule has 0 saturated carbocycles. The molecule has 1 heterocycles. The molecule has 4 nitrogen and oxygen atoms in total. The molecule has 0 saturated heterocycles. The van der Waals surface area contributed by atoms with Gasteiger partial charge in [-0.15, -0.1) is 0 Å². The molecule has 0 amide bonds. The number of rotatable bonds is 1. The molecule has 0 fully saturated rings. The summed E-state index contributed by atoms with van der Waals surface area (Å²) in [4.78, 5) is 11.4. The number of aromatic nitrogens is 1. The number of hydrogen-bond acceptors (Lipinski definition) is 3. The molecule has 0 radical (unpaired) electrons. The van der Waals surface area contributed by atoms with Crippen molar-refractivity contribution in [1.82, 2.24) is 0 Å². The summed E-state index contributed by atoms with van der Waals surface area (Å²) in [6.07, 6.45) is 1.30. The highest BCUT2D eigenvalue weighted by atomic mass is 16.5. The number of esters is 1. The zero-order chi connectivity index (χ0) is 10.8. The number of hydrogen-bond donors (Lipinski definition) is 0. The minimum Gasteiger partial charge on any atom is -0.618 e. The zero-order valence-electron chi connectivity index (χ0n) is 8.14. The Hall–Kier alpha value is -2.10. The number of fused-ring (bicyclic) bond motifs is 1. The summed E-state index contributed by atoms with van der Waals surface area (Å²) in [5.41, 5.74) is 0.0237. The quantitative estimate of drug-likeness (QED) is 0.398. The van der Waals surface area contributed by atoms with E-state index in [1.807, 2.05) is 12.1 Å². The van der Waals surface area contributed by atoms with Crippen molar-refractivity contribution in [3.63, 3.8) is 0 Å². The lowest BCUT2D eigenvalue weighted by atomic mass is 10.1. The van der Waals surface area contributed by atoms with Crippen molar-refractivity contribution in [2.75, 3.05) is 7.11 Å². The molecule has 0 aliphatic heterocycles. The third kappa shape index (κ3) is 1.50. The van der Waals surface area contributed by atoms with Crippen molar-refractivity contribution in [2.24, 2.45) is 0 Å². The van der Waals surface area contributed by atoms with E-state index in [1.54, 1.807) is 18.2 Å². The molecule has 15 heavy (non-hydrogen) atoms. The summed E-state index contributed by atoms with van der Waals surface area (Å²) in [5.74, 6) is -0.623. The van der Waals surface area contributed by atoms with Crippen LogP contribution in [-0.2, 0) is 4.74 Å². The summed E-state index contributed by atoms with van der Waals surface area (Å²) in [6, 6.07) is 8.83. The maximum absolute atomic E-state index is 11.4. The molecular weight excluding hydrogens is 194 g/mol. The van der Waals surface area contributed by atoms with Crippen LogP contribution in [0.15, 0.2) is 36.5 Å². The Labute approximate surface area is 86.3 Å². The van der Waals surface area contributed by atoms with Gasteiger partial charge in [0.2, 0.25) is 0 Å². The van der Waals surface area contributed by atoms with Gasteiger partial charge in [0, 0.05) is 6.07 Å². The molecule has 4 heteroatoms.